The Morgan fingerprint density at radius 3 is 1.88 bits per heavy atom. The van der Waals surface area contributed by atoms with Gasteiger partial charge in [-0.1, -0.05) is 95.9 Å². The Labute approximate surface area is 256 Å². The quantitative estimate of drug-likeness (QED) is 0.335. The van der Waals surface area contributed by atoms with Gasteiger partial charge in [-0.15, -0.1) is 16.4 Å². The zero-order chi connectivity index (χ0) is 29.4. The highest BCUT2D eigenvalue weighted by atomic mass is 15.0. The van der Waals surface area contributed by atoms with Crippen molar-refractivity contribution in [2.24, 2.45) is 0 Å². The van der Waals surface area contributed by atoms with E-state index in [1.54, 1.807) is 0 Å². The monoisotopic (exact) mass is 534 g/mol. The molecule has 6 aromatic carbocycles. The fourth-order valence-corrected chi connectivity index (χ4v) is 6.53. The summed E-state index contributed by atoms with van der Waals surface area (Å²) in [6.07, 6.45) is 0. The standard InChI is InChI=1S/C36H19B5N2/c37-30-29(31(38)33(40)34(41)32(30)39)26-18-20(14-15-21(26)19-8-2-1-3-9-19)43-28-13-7-5-11-23(28)25-17-16-24-22-10-4-6-12-27(22)42-35(24)36(25)43/h1-18,42H. The number of rotatable bonds is 3. The molecule has 0 aliphatic carbocycles. The molecule has 1 N–H and O–H groups in total. The van der Waals surface area contributed by atoms with Crippen molar-refractivity contribution < 1.29 is 0 Å². The Hall–Kier alpha value is -4.76. The Balaban J connectivity index is 1.52. The number of fused-ring (bicyclic) bond motifs is 7. The summed E-state index contributed by atoms with van der Waals surface area (Å²) in [5.74, 6) is 0. The zero-order valence-electron chi connectivity index (χ0n) is 23.2. The topological polar surface area (TPSA) is 20.7 Å². The van der Waals surface area contributed by atoms with Crippen LogP contribution in [0.5, 0.6) is 0 Å². The fraction of sp³-hybridized carbons (Fsp3) is 0. The predicted molar refractivity (Wildman–Crippen MR) is 188 cm³/mol. The summed E-state index contributed by atoms with van der Waals surface area (Å²) in [6.45, 7) is 0. The molecular formula is C36H19B5N2. The van der Waals surface area contributed by atoms with Crippen molar-refractivity contribution in [3.05, 3.63) is 109 Å². The summed E-state index contributed by atoms with van der Waals surface area (Å²) < 4.78 is 2.30. The molecule has 0 saturated heterocycles. The number of para-hydroxylation sites is 2. The molecule has 0 bridgehead atoms. The van der Waals surface area contributed by atoms with Crippen molar-refractivity contribution >= 4 is 110 Å². The van der Waals surface area contributed by atoms with Crippen LogP contribution in [0.15, 0.2) is 109 Å². The molecule has 43 heavy (non-hydrogen) atoms. The molecule has 8 aromatic rings. The molecule has 0 atom stereocenters. The first-order valence-electron chi connectivity index (χ1n) is 14.1. The van der Waals surface area contributed by atoms with Gasteiger partial charge in [0.25, 0.3) is 0 Å². The van der Waals surface area contributed by atoms with Crippen molar-refractivity contribution in [3.63, 3.8) is 0 Å². The van der Waals surface area contributed by atoms with Gasteiger partial charge in [-0.05, 0) is 46.5 Å². The molecule has 7 heteroatoms. The summed E-state index contributed by atoms with van der Waals surface area (Å²) >= 11 is 0. The summed E-state index contributed by atoms with van der Waals surface area (Å²) in [5, 5.41) is 4.67. The normalized spacial score (nSPS) is 11.7. The lowest BCUT2D eigenvalue weighted by atomic mass is 9.59. The van der Waals surface area contributed by atoms with Gasteiger partial charge in [0.05, 0.1) is 16.6 Å². The zero-order valence-corrected chi connectivity index (χ0v) is 23.2. The van der Waals surface area contributed by atoms with Gasteiger partial charge in [0.15, 0.2) is 0 Å². The average Bonchev–Trinajstić information content (AvgIpc) is 3.59. The SMILES string of the molecule is [B]c1c([B])c([B])c(-c2cc(-n3c4ccccc4c4ccc5c6ccccc6[nH]c5c43)ccc2-c2ccccc2)c([B])c1[B]. The van der Waals surface area contributed by atoms with Crippen LogP contribution in [-0.2, 0) is 0 Å². The molecule has 0 spiro atoms. The first-order chi connectivity index (χ1) is 20.9. The van der Waals surface area contributed by atoms with Gasteiger partial charge < -0.3 is 9.55 Å². The molecule has 0 aliphatic rings. The second-order valence-corrected chi connectivity index (χ2v) is 10.9. The Kier molecular flexibility index (Phi) is 5.81. The number of H-pyrrole nitrogens is 1. The Morgan fingerprint density at radius 1 is 0.488 bits per heavy atom. The van der Waals surface area contributed by atoms with Crippen LogP contribution in [0.1, 0.15) is 0 Å². The second kappa shape index (κ2) is 9.64. The molecule has 8 rings (SSSR count). The highest BCUT2D eigenvalue weighted by molar-refractivity contribution is 6.68. The van der Waals surface area contributed by atoms with E-state index in [-0.39, 0.29) is 16.4 Å². The smallest absolute Gasteiger partial charge is 0.113 e. The van der Waals surface area contributed by atoms with E-state index in [1.807, 2.05) is 18.2 Å². The van der Waals surface area contributed by atoms with Gasteiger partial charge >= 0.3 is 0 Å². The summed E-state index contributed by atoms with van der Waals surface area (Å²) in [7, 11) is 32.2. The van der Waals surface area contributed by atoms with Gasteiger partial charge in [0, 0.05) is 32.7 Å². The predicted octanol–water partition coefficient (Wildman–Crippen LogP) is 3.72. The van der Waals surface area contributed by atoms with E-state index in [0.717, 1.165) is 55.2 Å². The number of aromatic amines is 1. The van der Waals surface area contributed by atoms with E-state index < -0.39 is 0 Å². The van der Waals surface area contributed by atoms with E-state index in [1.165, 1.54) is 10.8 Å². The van der Waals surface area contributed by atoms with Crippen LogP contribution in [-0.4, -0.2) is 48.8 Å². The van der Waals surface area contributed by atoms with Crippen molar-refractivity contribution in [2.45, 2.75) is 0 Å². The summed E-state index contributed by atoms with van der Waals surface area (Å²) in [6, 6.07) is 37.7. The van der Waals surface area contributed by atoms with E-state index in [4.69, 9.17) is 39.2 Å². The van der Waals surface area contributed by atoms with Gasteiger partial charge in [0.1, 0.15) is 39.2 Å². The molecular weight excluding hydrogens is 514 g/mol. The molecule has 0 amide bonds. The average molecular weight is 534 g/mol. The third-order valence-corrected chi connectivity index (χ3v) is 8.63. The number of benzene rings is 6. The van der Waals surface area contributed by atoms with Gasteiger partial charge in [0.2, 0.25) is 0 Å². The van der Waals surface area contributed by atoms with Crippen LogP contribution in [0.25, 0.3) is 71.6 Å². The molecule has 0 saturated carbocycles. The van der Waals surface area contributed by atoms with Crippen molar-refractivity contribution in [1.82, 2.24) is 9.55 Å². The molecule has 0 unspecified atom stereocenters. The van der Waals surface area contributed by atoms with Crippen molar-refractivity contribution in [3.8, 4) is 27.9 Å². The fourth-order valence-electron chi connectivity index (χ4n) is 6.53. The van der Waals surface area contributed by atoms with E-state index in [9.17, 15) is 0 Å². The highest BCUT2D eigenvalue weighted by Gasteiger charge is 2.20. The summed E-state index contributed by atoms with van der Waals surface area (Å²) in [5.41, 5.74) is 9.87. The van der Waals surface area contributed by atoms with Gasteiger partial charge in [-0.3, -0.25) is 0 Å². The maximum atomic E-state index is 6.65. The molecule has 10 radical (unpaired) electrons. The first kappa shape index (κ1) is 25.9. The van der Waals surface area contributed by atoms with Crippen LogP contribution in [0, 0.1) is 0 Å². The minimum Gasteiger partial charge on any atom is -0.353 e. The van der Waals surface area contributed by atoms with Gasteiger partial charge in [-0.2, -0.15) is 0 Å². The number of nitrogens with zero attached hydrogens (tertiary/aromatic N) is 1. The lowest BCUT2D eigenvalue weighted by molar-refractivity contribution is 1.18. The number of aromatic nitrogens is 2. The molecule has 2 aromatic heterocycles. The third kappa shape index (κ3) is 3.74. The lowest BCUT2D eigenvalue weighted by Crippen LogP contribution is -2.55. The number of nitrogens with one attached hydrogen (secondary N) is 1. The van der Waals surface area contributed by atoms with Crippen LogP contribution >= 0.6 is 0 Å². The third-order valence-electron chi connectivity index (χ3n) is 8.63. The minimum absolute atomic E-state index is 0.194. The van der Waals surface area contributed by atoms with Crippen molar-refractivity contribution in [2.75, 3.05) is 0 Å². The number of hydrogen-bond acceptors (Lipinski definition) is 0. The van der Waals surface area contributed by atoms with E-state index >= 15 is 0 Å². The molecule has 188 valence electrons. The Morgan fingerprint density at radius 2 is 1.12 bits per heavy atom. The maximum Gasteiger partial charge on any atom is 0.113 e. The molecule has 2 nitrogen and oxygen atoms in total. The van der Waals surface area contributed by atoms with Crippen LogP contribution in [0.4, 0.5) is 0 Å². The highest BCUT2D eigenvalue weighted by Crippen LogP contribution is 2.40. The largest absolute Gasteiger partial charge is 0.353 e. The minimum atomic E-state index is 0.194. The van der Waals surface area contributed by atoms with Crippen LogP contribution in [0.3, 0.4) is 0 Å². The maximum absolute atomic E-state index is 6.65. The number of hydrogen-bond donors (Lipinski definition) is 1. The van der Waals surface area contributed by atoms with Gasteiger partial charge in [-0.25, -0.2) is 0 Å². The van der Waals surface area contributed by atoms with Crippen LogP contribution in [0.2, 0.25) is 0 Å². The first-order valence-corrected chi connectivity index (χ1v) is 14.1. The van der Waals surface area contributed by atoms with Crippen LogP contribution < -0.4 is 27.3 Å². The van der Waals surface area contributed by atoms with Crippen molar-refractivity contribution in [1.29, 1.82) is 0 Å². The second-order valence-electron chi connectivity index (χ2n) is 10.9. The van der Waals surface area contributed by atoms with E-state index in [0.29, 0.717) is 16.5 Å². The molecule has 2 heterocycles. The Bertz CT molecular complexity index is 2370. The van der Waals surface area contributed by atoms with E-state index in [2.05, 4.69) is 101 Å². The molecule has 0 fully saturated rings. The summed E-state index contributed by atoms with van der Waals surface area (Å²) in [4.78, 5) is 3.71. The molecule has 0 aliphatic heterocycles. The lowest BCUT2D eigenvalue weighted by Gasteiger charge is -2.24.